The Balaban J connectivity index is 3.38. The molecule has 0 aromatic heterocycles. The number of hydrogen-bond acceptors (Lipinski definition) is 4. The lowest BCUT2D eigenvalue weighted by atomic mass is 10.1. The van der Waals surface area contributed by atoms with Crippen LogP contribution in [0.2, 0.25) is 0 Å². The third-order valence-corrected chi connectivity index (χ3v) is 3.36. The number of unbranched alkanes of at least 4 members (excludes halogenated alkanes) is 9. The van der Waals surface area contributed by atoms with Gasteiger partial charge in [0.05, 0.1) is 6.61 Å². The number of nitriles is 1. The molecule has 4 nitrogen and oxygen atoms in total. The van der Waals surface area contributed by atoms with Crippen molar-refractivity contribution in [2.24, 2.45) is 0 Å². The van der Waals surface area contributed by atoms with Gasteiger partial charge in [-0.2, -0.15) is 5.26 Å². The number of carbonyl (C=O) groups excluding carboxylic acids is 1. The van der Waals surface area contributed by atoms with Gasteiger partial charge < -0.3 is 10.1 Å². The van der Waals surface area contributed by atoms with Gasteiger partial charge in [0.15, 0.2) is 5.57 Å². The highest BCUT2D eigenvalue weighted by molar-refractivity contribution is 5.92. The van der Waals surface area contributed by atoms with Gasteiger partial charge in [0, 0.05) is 13.2 Å². The van der Waals surface area contributed by atoms with Crippen molar-refractivity contribution < 1.29 is 9.53 Å². The van der Waals surface area contributed by atoms with Gasteiger partial charge in [0.1, 0.15) is 6.07 Å². The summed E-state index contributed by atoms with van der Waals surface area (Å²) in [5.41, 5.74) is 0.0181. The Labute approximate surface area is 129 Å². The van der Waals surface area contributed by atoms with E-state index in [0.29, 0.717) is 6.61 Å². The van der Waals surface area contributed by atoms with E-state index < -0.39 is 5.97 Å². The third-order valence-electron chi connectivity index (χ3n) is 3.36. The molecular weight excluding hydrogens is 264 g/mol. The maximum atomic E-state index is 11.5. The van der Waals surface area contributed by atoms with Gasteiger partial charge in [-0.1, -0.05) is 64.7 Å². The Morgan fingerprint density at radius 1 is 1.05 bits per heavy atom. The lowest BCUT2D eigenvalue weighted by molar-refractivity contribution is -0.138. The predicted octanol–water partition coefficient (Wildman–Crippen LogP) is 4.08. The normalized spacial score (nSPS) is 11.0. The average Bonchev–Trinajstić information content (AvgIpc) is 2.50. The molecule has 0 aliphatic heterocycles. The van der Waals surface area contributed by atoms with Crippen LogP contribution in [0.1, 0.15) is 71.1 Å². The van der Waals surface area contributed by atoms with Crippen molar-refractivity contribution in [1.29, 1.82) is 5.26 Å². The first-order chi connectivity index (χ1) is 10.3. The minimum absolute atomic E-state index is 0.0181. The first-order valence-corrected chi connectivity index (χ1v) is 8.20. The maximum Gasteiger partial charge on any atom is 0.350 e. The first kappa shape index (κ1) is 19.5. The number of ether oxygens (including phenoxy) is 1. The molecule has 4 heteroatoms. The summed E-state index contributed by atoms with van der Waals surface area (Å²) in [6.07, 6.45) is 13.8. The molecule has 0 aliphatic rings. The van der Waals surface area contributed by atoms with Crippen LogP contribution in [-0.2, 0) is 9.53 Å². The molecule has 0 atom stereocenters. The fraction of sp³-hybridized carbons (Fsp3) is 0.765. The summed E-state index contributed by atoms with van der Waals surface area (Å²) in [4.78, 5) is 11.5. The molecule has 0 aromatic carbocycles. The Hall–Kier alpha value is -1.50. The Bertz CT molecular complexity index is 332. The predicted molar refractivity (Wildman–Crippen MR) is 85.6 cm³/mol. The summed E-state index contributed by atoms with van der Waals surface area (Å²) in [5.74, 6) is -0.539. The molecule has 120 valence electrons. The minimum Gasteiger partial charge on any atom is -0.462 e. The molecule has 0 bridgehead atoms. The van der Waals surface area contributed by atoms with Crippen molar-refractivity contribution >= 4 is 5.97 Å². The molecule has 0 aromatic rings. The molecule has 0 spiro atoms. The van der Waals surface area contributed by atoms with Gasteiger partial charge in [-0.05, 0) is 6.42 Å². The summed E-state index contributed by atoms with van der Waals surface area (Å²) in [6.45, 7) is 2.64. The number of hydrogen-bond donors (Lipinski definition) is 1. The number of nitrogens with one attached hydrogen (secondary N) is 1. The topological polar surface area (TPSA) is 62.1 Å². The van der Waals surface area contributed by atoms with Crippen molar-refractivity contribution in [3.8, 4) is 6.07 Å². The molecule has 0 unspecified atom stereocenters. The highest BCUT2D eigenvalue weighted by atomic mass is 16.5. The number of rotatable bonds is 13. The molecule has 0 heterocycles. The van der Waals surface area contributed by atoms with Gasteiger partial charge in [-0.25, -0.2) is 4.79 Å². The zero-order valence-electron chi connectivity index (χ0n) is 13.6. The van der Waals surface area contributed by atoms with E-state index in [1.165, 1.54) is 57.6 Å². The van der Waals surface area contributed by atoms with E-state index >= 15 is 0 Å². The molecular formula is C17H30N2O2. The largest absolute Gasteiger partial charge is 0.462 e. The standard InChI is InChI=1S/C17H30N2O2/c1-3-4-5-6-7-8-9-10-11-12-13-21-17(20)16(14-18)15-19-2/h15,19H,3-13H2,1-2H3. The van der Waals surface area contributed by atoms with Crippen molar-refractivity contribution in [3.05, 3.63) is 11.8 Å². The summed E-state index contributed by atoms with van der Waals surface area (Å²) in [6, 6.07) is 1.82. The zero-order valence-corrected chi connectivity index (χ0v) is 13.6. The van der Waals surface area contributed by atoms with Crippen LogP contribution in [0.5, 0.6) is 0 Å². The van der Waals surface area contributed by atoms with E-state index in [-0.39, 0.29) is 5.57 Å². The van der Waals surface area contributed by atoms with Crippen molar-refractivity contribution in [1.82, 2.24) is 5.32 Å². The third kappa shape index (κ3) is 12.0. The van der Waals surface area contributed by atoms with Gasteiger partial charge in [-0.15, -0.1) is 0 Å². The van der Waals surface area contributed by atoms with Gasteiger partial charge in [0.25, 0.3) is 0 Å². The zero-order chi connectivity index (χ0) is 15.8. The monoisotopic (exact) mass is 294 g/mol. The molecule has 0 saturated heterocycles. The molecule has 0 saturated carbocycles. The van der Waals surface area contributed by atoms with Crippen LogP contribution in [0.25, 0.3) is 0 Å². The van der Waals surface area contributed by atoms with E-state index in [1.807, 2.05) is 6.07 Å². The average molecular weight is 294 g/mol. The molecule has 1 N–H and O–H groups in total. The molecule has 0 amide bonds. The van der Waals surface area contributed by atoms with Crippen LogP contribution < -0.4 is 5.32 Å². The van der Waals surface area contributed by atoms with Crippen LogP contribution >= 0.6 is 0 Å². The fourth-order valence-corrected chi connectivity index (χ4v) is 2.11. The lowest BCUT2D eigenvalue weighted by Crippen LogP contribution is -2.10. The summed E-state index contributed by atoms with van der Waals surface area (Å²) in [5, 5.41) is 11.4. The second kappa shape index (κ2) is 14.9. The van der Waals surface area contributed by atoms with Crippen LogP contribution in [-0.4, -0.2) is 19.6 Å². The Morgan fingerprint density at radius 3 is 2.05 bits per heavy atom. The van der Waals surface area contributed by atoms with Crippen LogP contribution in [0.4, 0.5) is 0 Å². The van der Waals surface area contributed by atoms with E-state index in [2.05, 4.69) is 12.2 Å². The van der Waals surface area contributed by atoms with E-state index in [1.54, 1.807) is 7.05 Å². The quantitative estimate of drug-likeness (QED) is 0.241. The van der Waals surface area contributed by atoms with Gasteiger partial charge in [-0.3, -0.25) is 0 Å². The first-order valence-electron chi connectivity index (χ1n) is 8.20. The van der Waals surface area contributed by atoms with Crippen LogP contribution in [0.3, 0.4) is 0 Å². The SMILES string of the molecule is CCCCCCCCCCCCOC(=O)C(C#N)=CNC. The highest BCUT2D eigenvalue weighted by Gasteiger charge is 2.09. The van der Waals surface area contributed by atoms with Gasteiger partial charge in [0.2, 0.25) is 0 Å². The van der Waals surface area contributed by atoms with E-state index in [4.69, 9.17) is 10.00 Å². The summed E-state index contributed by atoms with van der Waals surface area (Å²) >= 11 is 0. The Morgan fingerprint density at radius 2 is 1.57 bits per heavy atom. The molecule has 0 fully saturated rings. The van der Waals surface area contributed by atoms with Crippen molar-refractivity contribution in [2.45, 2.75) is 71.1 Å². The minimum atomic E-state index is -0.539. The number of esters is 1. The highest BCUT2D eigenvalue weighted by Crippen LogP contribution is 2.10. The van der Waals surface area contributed by atoms with Crippen LogP contribution in [0, 0.1) is 11.3 Å². The smallest absolute Gasteiger partial charge is 0.350 e. The number of carbonyl (C=O) groups is 1. The molecule has 0 radical (unpaired) electrons. The number of nitrogens with zero attached hydrogens (tertiary/aromatic N) is 1. The fourth-order valence-electron chi connectivity index (χ4n) is 2.11. The van der Waals surface area contributed by atoms with Crippen molar-refractivity contribution in [2.75, 3.05) is 13.7 Å². The molecule has 0 rings (SSSR count). The summed E-state index contributed by atoms with van der Waals surface area (Å²) < 4.78 is 5.05. The lowest BCUT2D eigenvalue weighted by Gasteiger charge is -2.04. The molecule has 0 aliphatic carbocycles. The van der Waals surface area contributed by atoms with Crippen molar-refractivity contribution in [3.63, 3.8) is 0 Å². The van der Waals surface area contributed by atoms with E-state index in [0.717, 1.165) is 12.8 Å². The Kier molecular flexibility index (Phi) is 13.8. The summed E-state index contributed by atoms with van der Waals surface area (Å²) in [7, 11) is 1.65. The van der Waals surface area contributed by atoms with Crippen LogP contribution in [0.15, 0.2) is 11.8 Å². The maximum absolute atomic E-state index is 11.5. The van der Waals surface area contributed by atoms with E-state index in [9.17, 15) is 4.79 Å². The van der Waals surface area contributed by atoms with Gasteiger partial charge >= 0.3 is 5.97 Å². The second-order valence-electron chi connectivity index (χ2n) is 5.28. The molecule has 21 heavy (non-hydrogen) atoms. The second-order valence-corrected chi connectivity index (χ2v) is 5.28.